The van der Waals surface area contributed by atoms with Gasteiger partial charge >= 0.3 is 0 Å². The maximum absolute atomic E-state index is 5.31. The van der Waals surface area contributed by atoms with Crippen molar-refractivity contribution in [2.75, 3.05) is 7.05 Å². The molecule has 0 radical (unpaired) electrons. The van der Waals surface area contributed by atoms with Crippen molar-refractivity contribution in [3.05, 3.63) is 34.3 Å². The van der Waals surface area contributed by atoms with Crippen LogP contribution in [0.4, 0.5) is 0 Å². The first kappa shape index (κ1) is 13.3. The minimum Gasteiger partial charge on any atom is -0.333 e. The average molecular weight is 340 g/mol. The Labute approximate surface area is 127 Å². The van der Waals surface area contributed by atoms with Crippen molar-refractivity contribution >= 4 is 33.3 Å². The molecule has 1 aromatic carbocycles. The van der Waals surface area contributed by atoms with Gasteiger partial charge in [-0.15, -0.1) is 0 Å². The molecule has 1 unspecified atom stereocenters. The first-order chi connectivity index (χ1) is 9.03. The van der Waals surface area contributed by atoms with Gasteiger partial charge in [0.1, 0.15) is 6.17 Å². The topological polar surface area (TPSA) is 27.3 Å². The normalized spacial score (nSPS) is 34.1. The maximum Gasteiger partial charge on any atom is 0.184 e. The van der Waals surface area contributed by atoms with Crippen molar-refractivity contribution in [2.24, 2.45) is 5.92 Å². The predicted molar refractivity (Wildman–Crippen MR) is 84.6 cm³/mol. The minimum absolute atomic E-state index is 0.144. The summed E-state index contributed by atoms with van der Waals surface area (Å²) in [5.41, 5.74) is 7.97. The second-order valence-corrected chi connectivity index (χ2v) is 7.07. The van der Waals surface area contributed by atoms with Crippen LogP contribution in [0.15, 0.2) is 28.7 Å². The Hall–Kier alpha value is -0.650. The van der Waals surface area contributed by atoms with Gasteiger partial charge in [-0.05, 0) is 48.7 Å². The van der Waals surface area contributed by atoms with Crippen molar-refractivity contribution in [2.45, 2.75) is 31.3 Å². The van der Waals surface area contributed by atoms with Crippen molar-refractivity contribution in [1.29, 1.82) is 0 Å². The summed E-state index contributed by atoms with van der Waals surface area (Å²) in [5.74, 6) is 0.767. The number of nitrogens with zero attached hydrogens (tertiary/aromatic N) is 1. The van der Waals surface area contributed by atoms with Gasteiger partial charge in [-0.25, -0.2) is 5.43 Å². The van der Waals surface area contributed by atoms with E-state index < -0.39 is 0 Å². The molecule has 1 aromatic rings. The molecule has 1 aliphatic heterocycles. The monoisotopic (exact) mass is 339 g/mol. The number of halogens is 1. The number of nitrogens with one attached hydrogen (secondary N) is 2. The van der Waals surface area contributed by atoms with Crippen LogP contribution in [0.3, 0.4) is 0 Å². The average Bonchev–Trinajstić information content (AvgIpc) is 2.66. The number of hydrogen-bond donors (Lipinski definition) is 2. The lowest BCUT2D eigenvalue weighted by Crippen LogP contribution is -2.58. The fourth-order valence-electron chi connectivity index (χ4n) is 3.54. The van der Waals surface area contributed by atoms with Crippen LogP contribution in [-0.4, -0.2) is 23.2 Å². The third-order valence-electron chi connectivity index (χ3n) is 4.37. The van der Waals surface area contributed by atoms with Crippen LogP contribution < -0.4 is 10.9 Å². The van der Waals surface area contributed by atoms with E-state index in [0.717, 1.165) is 15.5 Å². The van der Waals surface area contributed by atoms with Crippen LogP contribution in [0.5, 0.6) is 0 Å². The van der Waals surface area contributed by atoms with Crippen LogP contribution in [-0.2, 0) is 5.41 Å². The van der Waals surface area contributed by atoms with Crippen LogP contribution >= 0.6 is 28.1 Å². The molecule has 0 amide bonds. The third kappa shape index (κ3) is 2.08. The third-order valence-corrected chi connectivity index (χ3v) is 5.26. The summed E-state index contributed by atoms with van der Waals surface area (Å²) in [4.78, 5) is 2.14. The summed E-state index contributed by atoms with van der Waals surface area (Å²) in [5, 5.41) is 0.777. The summed E-state index contributed by atoms with van der Waals surface area (Å²) in [7, 11) is 2.06. The van der Waals surface area contributed by atoms with Gasteiger partial charge in [-0.1, -0.05) is 35.0 Å². The second-order valence-electron chi connectivity index (χ2n) is 5.77. The first-order valence-electron chi connectivity index (χ1n) is 6.57. The highest BCUT2D eigenvalue weighted by molar-refractivity contribution is 9.10. The Morgan fingerprint density at radius 2 is 2.16 bits per heavy atom. The maximum atomic E-state index is 5.31. The lowest BCUT2D eigenvalue weighted by Gasteiger charge is -2.52. The van der Waals surface area contributed by atoms with Crippen molar-refractivity contribution in [1.82, 2.24) is 15.8 Å². The summed E-state index contributed by atoms with van der Waals surface area (Å²) in [6.45, 7) is 2.32. The van der Waals surface area contributed by atoms with Gasteiger partial charge < -0.3 is 4.90 Å². The molecular formula is C14H18BrN3S. The molecule has 2 N–H and O–H groups in total. The highest BCUT2D eigenvalue weighted by Gasteiger charge is 2.52. The van der Waals surface area contributed by atoms with Crippen LogP contribution in [0.1, 0.15) is 25.3 Å². The number of hydrazine groups is 1. The lowest BCUT2D eigenvalue weighted by atomic mass is 9.57. The summed E-state index contributed by atoms with van der Waals surface area (Å²) < 4.78 is 1.14. The molecule has 0 aromatic heterocycles. The standard InChI is InChI=1S/C14H18BrN3S/c1-9-7-14(8-9,10-4-3-5-11(15)6-10)12-16-17-13(19)18(12)2/h3-6,9,12,16H,7-8H2,1-2H3,(H,17,19). The number of benzene rings is 1. The zero-order chi connectivity index (χ0) is 13.6. The van der Waals surface area contributed by atoms with E-state index in [1.165, 1.54) is 18.4 Å². The highest BCUT2D eigenvalue weighted by Crippen LogP contribution is 2.51. The van der Waals surface area contributed by atoms with E-state index in [0.29, 0.717) is 0 Å². The zero-order valence-corrected chi connectivity index (χ0v) is 13.5. The quantitative estimate of drug-likeness (QED) is 0.810. The van der Waals surface area contributed by atoms with Gasteiger partial charge in [0.15, 0.2) is 5.11 Å². The molecule has 3 rings (SSSR count). The molecule has 0 bridgehead atoms. The molecule has 2 fully saturated rings. The number of likely N-dealkylation sites (N-methyl/N-ethyl adjacent to an activating group) is 1. The van der Waals surface area contributed by atoms with Crippen LogP contribution in [0.25, 0.3) is 0 Å². The Morgan fingerprint density at radius 1 is 1.42 bits per heavy atom. The van der Waals surface area contributed by atoms with Crippen molar-refractivity contribution in [3.8, 4) is 0 Å². The lowest BCUT2D eigenvalue weighted by molar-refractivity contribution is 0.0643. The van der Waals surface area contributed by atoms with Crippen LogP contribution in [0.2, 0.25) is 0 Å². The molecule has 3 nitrogen and oxygen atoms in total. The molecule has 1 saturated carbocycles. The van der Waals surface area contributed by atoms with Gasteiger partial charge in [-0.3, -0.25) is 5.43 Å². The number of thiocarbonyl (C=S) groups is 1. The fraction of sp³-hybridized carbons (Fsp3) is 0.500. The SMILES string of the molecule is CC1CC(c2cccc(Br)c2)(C2NNC(=S)N2C)C1. The van der Waals surface area contributed by atoms with E-state index in [-0.39, 0.29) is 11.6 Å². The largest absolute Gasteiger partial charge is 0.333 e. The van der Waals surface area contributed by atoms with E-state index >= 15 is 0 Å². The van der Waals surface area contributed by atoms with Gasteiger partial charge in [0.05, 0.1) is 0 Å². The molecule has 1 atom stereocenters. The predicted octanol–water partition coefficient (Wildman–Crippen LogP) is 2.77. The molecular weight excluding hydrogens is 322 g/mol. The van der Waals surface area contributed by atoms with Crippen molar-refractivity contribution < 1.29 is 0 Å². The zero-order valence-electron chi connectivity index (χ0n) is 11.1. The van der Waals surface area contributed by atoms with E-state index in [9.17, 15) is 0 Å². The summed E-state index contributed by atoms with van der Waals surface area (Å²) in [6.07, 6.45) is 2.61. The van der Waals surface area contributed by atoms with E-state index in [2.05, 4.69) is 69.9 Å². The Kier molecular flexibility index (Phi) is 3.31. The molecule has 0 spiro atoms. The van der Waals surface area contributed by atoms with Gasteiger partial charge in [-0.2, -0.15) is 0 Å². The molecule has 102 valence electrons. The smallest absolute Gasteiger partial charge is 0.184 e. The first-order valence-corrected chi connectivity index (χ1v) is 7.77. The van der Waals surface area contributed by atoms with Gasteiger partial charge in [0.2, 0.25) is 0 Å². The molecule has 19 heavy (non-hydrogen) atoms. The molecule has 2 aliphatic rings. The summed E-state index contributed by atoms with van der Waals surface area (Å²) in [6, 6.07) is 8.66. The highest BCUT2D eigenvalue weighted by atomic mass is 79.9. The van der Waals surface area contributed by atoms with E-state index in [1.54, 1.807) is 0 Å². The van der Waals surface area contributed by atoms with E-state index in [4.69, 9.17) is 12.2 Å². The fourth-order valence-corrected chi connectivity index (χ4v) is 4.10. The van der Waals surface area contributed by atoms with E-state index in [1.807, 2.05) is 0 Å². The second kappa shape index (κ2) is 4.72. The number of hydrogen-bond acceptors (Lipinski definition) is 2. The Morgan fingerprint density at radius 3 is 2.68 bits per heavy atom. The van der Waals surface area contributed by atoms with Crippen LogP contribution in [0, 0.1) is 5.92 Å². The molecule has 1 heterocycles. The Bertz CT molecular complexity index is 513. The molecule has 1 aliphatic carbocycles. The molecule has 1 saturated heterocycles. The minimum atomic E-state index is 0.144. The summed E-state index contributed by atoms with van der Waals surface area (Å²) >= 11 is 8.89. The Balaban J connectivity index is 1.98. The molecule has 5 heteroatoms. The van der Waals surface area contributed by atoms with Crippen molar-refractivity contribution in [3.63, 3.8) is 0 Å². The van der Waals surface area contributed by atoms with Gasteiger partial charge in [0, 0.05) is 16.9 Å². The number of rotatable bonds is 2. The van der Waals surface area contributed by atoms with Gasteiger partial charge in [0.25, 0.3) is 0 Å².